The molecule has 1 heterocycles. The second-order valence-corrected chi connectivity index (χ2v) is 4.75. The number of hydrogen-bond donors (Lipinski definition) is 2. The van der Waals surface area contributed by atoms with Gasteiger partial charge in [0.2, 0.25) is 0 Å². The van der Waals surface area contributed by atoms with Gasteiger partial charge in [0.15, 0.2) is 0 Å². The van der Waals surface area contributed by atoms with Crippen LogP contribution in [0.2, 0.25) is 0 Å². The van der Waals surface area contributed by atoms with Crippen LogP contribution < -0.4 is 5.32 Å². The van der Waals surface area contributed by atoms with Gasteiger partial charge in [0.05, 0.1) is 0 Å². The quantitative estimate of drug-likeness (QED) is 0.760. The summed E-state index contributed by atoms with van der Waals surface area (Å²) in [4.78, 5) is 24.7. The lowest BCUT2D eigenvalue weighted by molar-refractivity contribution is -0.137. The van der Waals surface area contributed by atoms with Gasteiger partial charge < -0.3 is 19.9 Å². The summed E-state index contributed by atoms with van der Waals surface area (Å²) in [6, 6.07) is 3.70. The molecular weight excluding hydrogens is 246 g/mol. The molecule has 0 aliphatic heterocycles. The Labute approximate surface area is 113 Å². The van der Waals surface area contributed by atoms with E-state index in [1.165, 1.54) is 4.57 Å². The molecule has 1 amide bonds. The number of carbonyl (C=O) groups is 2. The third kappa shape index (κ3) is 4.75. The minimum absolute atomic E-state index is 0.207. The van der Waals surface area contributed by atoms with Crippen LogP contribution >= 0.6 is 0 Å². The molecule has 1 aromatic heterocycles. The van der Waals surface area contributed by atoms with Gasteiger partial charge in [-0.15, -0.1) is 0 Å². The molecule has 0 unspecified atom stereocenters. The Balaban J connectivity index is 2.50. The fraction of sp³-hybridized carbons (Fsp3) is 0.538. The van der Waals surface area contributed by atoms with Gasteiger partial charge in [-0.2, -0.15) is 0 Å². The second kappa shape index (κ2) is 6.94. The van der Waals surface area contributed by atoms with E-state index >= 15 is 0 Å². The van der Waals surface area contributed by atoms with E-state index in [0.29, 0.717) is 18.3 Å². The number of amides is 1. The highest BCUT2D eigenvalue weighted by Crippen LogP contribution is 2.02. The number of nitrogens with one attached hydrogen (secondary N) is 1. The first-order valence-corrected chi connectivity index (χ1v) is 6.27. The van der Waals surface area contributed by atoms with Gasteiger partial charge in [0.1, 0.15) is 12.2 Å². The number of carboxylic acid groups (broad SMARTS) is 1. The highest BCUT2D eigenvalue weighted by molar-refractivity contribution is 5.93. The first kappa shape index (κ1) is 15.2. The van der Waals surface area contributed by atoms with Crippen molar-refractivity contribution in [3.8, 4) is 0 Å². The lowest BCUT2D eigenvalue weighted by Gasteiger charge is -2.20. The lowest BCUT2D eigenvalue weighted by atomic mass is 10.3. The normalized spacial score (nSPS) is 11.0. The Kier molecular flexibility index (Phi) is 5.57. The number of hydrogen-bond acceptors (Lipinski definition) is 3. The molecule has 0 radical (unpaired) electrons. The molecule has 1 aromatic rings. The fourth-order valence-electron chi connectivity index (χ4n) is 1.60. The number of rotatable bonds is 7. The average molecular weight is 267 g/mol. The molecule has 0 saturated carbocycles. The van der Waals surface area contributed by atoms with Gasteiger partial charge in [-0.3, -0.25) is 9.59 Å². The molecule has 2 N–H and O–H groups in total. The molecule has 106 valence electrons. The first-order chi connectivity index (χ1) is 8.91. The third-order valence-electron chi connectivity index (χ3n) is 3.00. The molecule has 6 heteroatoms. The summed E-state index contributed by atoms with van der Waals surface area (Å²) in [5.41, 5.74) is 0.370. The molecule has 0 aliphatic rings. The van der Waals surface area contributed by atoms with Crippen molar-refractivity contribution < 1.29 is 14.7 Å². The molecular formula is C13H21N3O3. The van der Waals surface area contributed by atoms with Crippen molar-refractivity contribution in [2.75, 3.05) is 20.1 Å². The summed E-state index contributed by atoms with van der Waals surface area (Å²) in [5.74, 6) is -1.21. The van der Waals surface area contributed by atoms with Crippen LogP contribution in [0, 0.1) is 0 Å². The van der Waals surface area contributed by atoms with Crippen LogP contribution in [0.5, 0.6) is 0 Å². The minimum Gasteiger partial charge on any atom is -0.480 e. The predicted octanol–water partition coefficient (Wildman–Crippen LogP) is 0.643. The van der Waals surface area contributed by atoms with Gasteiger partial charge in [-0.1, -0.05) is 0 Å². The molecule has 0 aromatic carbocycles. The van der Waals surface area contributed by atoms with Crippen molar-refractivity contribution in [2.45, 2.75) is 26.4 Å². The van der Waals surface area contributed by atoms with Crippen LogP contribution in [0.25, 0.3) is 0 Å². The van der Waals surface area contributed by atoms with Crippen molar-refractivity contribution in [1.29, 1.82) is 0 Å². The Morgan fingerprint density at radius 2 is 2.16 bits per heavy atom. The molecule has 19 heavy (non-hydrogen) atoms. The number of carbonyl (C=O) groups excluding carboxylic acids is 1. The fourth-order valence-corrected chi connectivity index (χ4v) is 1.60. The van der Waals surface area contributed by atoms with Crippen molar-refractivity contribution >= 4 is 11.9 Å². The van der Waals surface area contributed by atoms with E-state index in [1.807, 2.05) is 7.05 Å². The SMILES string of the molecule is CC(C)N(C)CCNC(=O)c1cccn1CC(=O)O. The van der Waals surface area contributed by atoms with E-state index in [4.69, 9.17) is 5.11 Å². The monoisotopic (exact) mass is 267 g/mol. The minimum atomic E-state index is -0.968. The summed E-state index contributed by atoms with van der Waals surface area (Å²) in [7, 11) is 1.99. The van der Waals surface area contributed by atoms with Gasteiger partial charge in [-0.25, -0.2) is 0 Å². The van der Waals surface area contributed by atoms with Crippen LogP contribution in [0.4, 0.5) is 0 Å². The van der Waals surface area contributed by atoms with Crippen LogP contribution in [0.3, 0.4) is 0 Å². The summed E-state index contributed by atoms with van der Waals surface area (Å²) in [5, 5.41) is 11.5. The predicted molar refractivity (Wildman–Crippen MR) is 72.2 cm³/mol. The number of carboxylic acids is 1. The van der Waals surface area contributed by atoms with Gasteiger partial charge in [0.25, 0.3) is 5.91 Å². The van der Waals surface area contributed by atoms with Gasteiger partial charge >= 0.3 is 5.97 Å². The summed E-state index contributed by atoms with van der Waals surface area (Å²) in [6.07, 6.45) is 1.59. The van der Waals surface area contributed by atoms with Crippen LogP contribution in [-0.4, -0.2) is 52.6 Å². The standard InChI is InChI=1S/C13H21N3O3/c1-10(2)15(3)8-6-14-13(19)11-5-4-7-16(11)9-12(17)18/h4-5,7,10H,6,8-9H2,1-3H3,(H,14,19)(H,17,18). The zero-order valence-corrected chi connectivity index (χ0v) is 11.6. The summed E-state index contributed by atoms with van der Waals surface area (Å²) in [6.45, 7) is 5.25. The molecule has 1 rings (SSSR count). The number of aromatic nitrogens is 1. The highest BCUT2D eigenvalue weighted by Gasteiger charge is 2.12. The Hall–Kier alpha value is -1.82. The molecule has 6 nitrogen and oxygen atoms in total. The zero-order chi connectivity index (χ0) is 14.4. The molecule has 0 atom stereocenters. The second-order valence-electron chi connectivity index (χ2n) is 4.75. The molecule has 0 saturated heterocycles. The molecule has 0 aliphatic carbocycles. The zero-order valence-electron chi connectivity index (χ0n) is 11.6. The molecule has 0 spiro atoms. The maximum Gasteiger partial charge on any atom is 0.323 e. The maximum absolute atomic E-state index is 11.9. The molecule has 0 fully saturated rings. The topological polar surface area (TPSA) is 74.6 Å². The maximum atomic E-state index is 11.9. The van der Waals surface area contributed by atoms with Crippen LogP contribution in [0.1, 0.15) is 24.3 Å². The summed E-state index contributed by atoms with van der Waals surface area (Å²) >= 11 is 0. The Morgan fingerprint density at radius 3 is 2.74 bits per heavy atom. The van der Waals surface area contributed by atoms with E-state index in [9.17, 15) is 9.59 Å². The average Bonchev–Trinajstić information content (AvgIpc) is 2.75. The third-order valence-corrected chi connectivity index (χ3v) is 3.00. The van der Waals surface area contributed by atoms with E-state index in [2.05, 4.69) is 24.1 Å². The largest absolute Gasteiger partial charge is 0.480 e. The van der Waals surface area contributed by atoms with Crippen molar-refractivity contribution in [2.24, 2.45) is 0 Å². The summed E-state index contributed by atoms with van der Waals surface area (Å²) < 4.78 is 1.42. The van der Waals surface area contributed by atoms with Gasteiger partial charge in [0, 0.05) is 25.3 Å². The van der Waals surface area contributed by atoms with Crippen LogP contribution in [-0.2, 0) is 11.3 Å². The lowest BCUT2D eigenvalue weighted by Crippen LogP contribution is -2.36. The number of aliphatic carboxylic acids is 1. The van der Waals surface area contributed by atoms with Gasteiger partial charge in [-0.05, 0) is 33.0 Å². The number of likely N-dealkylation sites (N-methyl/N-ethyl adjacent to an activating group) is 1. The first-order valence-electron chi connectivity index (χ1n) is 6.27. The van der Waals surface area contributed by atoms with Crippen molar-refractivity contribution in [3.63, 3.8) is 0 Å². The molecule has 0 bridgehead atoms. The van der Waals surface area contributed by atoms with Crippen molar-refractivity contribution in [3.05, 3.63) is 24.0 Å². The Bertz CT molecular complexity index is 440. The van der Waals surface area contributed by atoms with E-state index in [1.54, 1.807) is 18.3 Å². The smallest absolute Gasteiger partial charge is 0.323 e. The van der Waals surface area contributed by atoms with E-state index in [0.717, 1.165) is 6.54 Å². The van der Waals surface area contributed by atoms with Crippen LogP contribution in [0.15, 0.2) is 18.3 Å². The van der Waals surface area contributed by atoms with E-state index < -0.39 is 5.97 Å². The van der Waals surface area contributed by atoms with Crippen molar-refractivity contribution in [1.82, 2.24) is 14.8 Å². The Morgan fingerprint density at radius 1 is 1.47 bits per heavy atom. The number of nitrogens with zero attached hydrogens (tertiary/aromatic N) is 2. The highest BCUT2D eigenvalue weighted by atomic mass is 16.4. The van der Waals surface area contributed by atoms with E-state index in [-0.39, 0.29) is 12.5 Å².